The third kappa shape index (κ3) is 12.8. The minimum absolute atomic E-state index is 0.190. The van der Waals surface area contributed by atoms with Crippen molar-refractivity contribution in [1.29, 1.82) is 0 Å². The standard InChI is InChI=1S/C6H10O2.2C5H5.Ti/c1-6(2,3)5(7)8-4;2*1-2-4-5-3-1;/h4H,1-3H3;2*1-5H;. The molecular formula is C16H20O2Ti. The van der Waals surface area contributed by atoms with Crippen LogP contribution in [-0.4, -0.2) is 10.5 Å². The Labute approximate surface area is 130 Å². The number of ether oxygens (including phenoxy) is 1. The van der Waals surface area contributed by atoms with Crippen LogP contribution in [0.1, 0.15) is 20.8 Å². The van der Waals surface area contributed by atoms with E-state index in [1.54, 1.807) is 20.0 Å². The fraction of sp³-hybridized carbons (Fsp3) is 0.250. The second-order valence-corrected chi connectivity index (χ2v) is 5.07. The number of hydrogen-bond acceptors (Lipinski definition) is 2. The van der Waals surface area contributed by atoms with Gasteiger partial charge in [-0.3, -0.25) is 0 Å². The van der Waals surface area contributed by atoms with Crippen LogP contribution in [0.2, 0.25) is 0 Å². The topological polar surface area (TPSA) is 26.3 Å². The van der Waals surface area contributed by atoms with Crippen molar-refractivity contribution in [2.45, 2.75) is 20.8 Å². The van der Waals surface area contributed by atoms with E-state index in [0.717, 1.165) is 0 Å². The summed E-state index contributed by atoms with van der Waals surface area (Å²) in [5, 5.41) is 0. The monoisotopic (exact) mass is 292 g/mol. The molecule has 0 heterocycles. The molecule has 2 fully saturated rings. The molecule has 2 saturated carbocycles. The normalized spacial score (nSPS) is 17.6. The molecule has 2 aliphatic carbocycles. The van der Waals surface area contributed by atoms with Crippen LogP contribution >= 0.6 is 0 Å². The van der Waals surface area contributed by atoms with Gasteiger partial charge in [0.25, 0.3) is 0 Å². The van der Waals surface area contributed by atoms with Gasteiger partial charge in [0.15, 0.2) is 0 Å². The van der Waals surface area contributed by atoms with Crippen LogP contribution < -0.4 is 0 Å². The first-order valence-corrected chi connectivity index (χ1v) is 6.92. The second-order valence-electron chi connectivity index (χ2n) is 4.70. The second kappa shape index (κ2) is 11.8. The summed E-state index contributed by atoms with van der Waals surface area (Å²) in [5.41, 5.74) is -0.382. The Balaban J connectivity index is 0.000000273. The molecule has 0 atom stereocenters. The number of rotatable bonds is 1. The molecule has 0 unspecified atom stereocenters. The van der Waals surface area contributed by atoms with Crippen molar-refractivity contribution in [1.82, 2.24) is 0 Å². The maximum absolute atomic E-state index is 10.8. The Bertz CT molecular complexity index is 210. The number of esters is 1. The van der Waals surface area contributed by atoms with E-state index in [-0.39, 0.29) is 11.4 Å². The van der Waals surface area contributed by atoms with Gasteiger partial charge in [-0.05, 0) is 64.2 Å². The molecule has 100 valence electrons. The van der Waals surface area contributed by atoms with Gasteiger partial charge in [0.1, 0.15) is 0 Å². The molecule has 0 saturated heterocycles. The fourth-order valence-electron chi connectivity index (χ4n) is 0.872. The zero-order chi connectivity index (χ0) is 14.6. The van der Waals surface area contributed by atoms with Crippen LogP contribution in [0.15, 0.2) is 0 Å². The summed E-state index contributed by atoms with van der Waals surface area (Å²) >= 11 is 1.68. The molecule has 2 nitrogen and oxygen atoms in total. The summed E-state index contributed by atoms with van der Waals surface area (Å²) in [4.78, 5) is 10.8. The molecule has 0 N–H and O–H groups in total. The SMILES string of the molecule is CC(C)(C)C(=O)O[CH]=[Ti].[CH]1[CH][CH][CH][CH]1.[CH]1[CH][CH][CH][CH]1. The quantitative estimate of drug-likeness (QED) is 0.548. The van der Waals surface area contributed by atoms with Crippen molar-refractivity contribution < 1.29 is 29.5 Å². The summed E-state index contributed by atoms with van der Waals surface area (Å²) in [6, 6.07) is 0. The van der Waals surface area contributed by atoms with Crippen molar-refractivity contribution >= 4 is 10.5 Å². The molecule has 0 bridgehead atoms. The Morgan fingerprint density at radius 1 is 0.842 bits per heavy atom. The summed E-state index contributed by atoms with van der Waals surface area (Å²) < 4.78 is 6.04. The van der Waals surface area contributed by atoms with Crippen molar-refractivity contribution in [3.05, 3.63) is 64.2 Å². The van der Waals surface area contributed by atoms with E-state index in [9.17, 15) is 4.79 Å². The van der Waals surface area contributed by atoms with Gasteiger partial charge < -0.3 is 0 Å². The molecule has 0 aromatic carbocycles. The van der Waals surface area contributed by atoms with E-state index in [2.05, 4.69) is 4.74 Å². The Morgan fingerprint density at radius 2 is 1.11 bits per heavy atom. The van der Waals surface area contributed by atoms with Gasteiger partial charge >= 0.3 is 66.2 Å². The van der Waals surface area contributed by atoms with Crippen LogP contribution in [0.5, 0.6) is 0 Å². The van der Waals surface area contributed by atoms with E-state index < -0.39 is 0 Å². The molecule has 19 heavy (non-hydrogen) atoms. The van der Waals surface area contributed by atoms with Crippen LogP contribution in [-0.2, 0) is 29.5 Å². The summed E-state index contributed by atoms with van der Waals surface area (Å²) in [5.74, 6) is -0.190. The van der Waals surface area contributed by atoms with Gasteiger partial charge in [0, 0.05) is 0 Å². The Kier molecular flexibility index (Phi) is 11.9. The number of carbonyl (C=O) groups excluding carboxylic acids is 1. The van der Waals surface area contributed by atoms with Crippen LogP contribution in [0.25, 0.3) is 0 Å². The molecule has 3 heteroatoms. The van der Waals surface area contributed by atoms with Gasteiger partial charge in [0.2, 0.25) is 0 Å². The molecular weight excluding hydrogens is 272 g/mol. The van der Waals surface area contributed by atoms with Crippen LogP contribution in [0, 0.1) is 69.6 Å². The fourth-order valence-corrected chi connectivity index (χ4v) is 1.04. The minimum Gasteiger partial charge on any atom is -0.0312 e. The summed E-state index contributed by atoms with van der Waals surface area (Å²) in [6.45, 7) is 5.45. The van der Waals surface area contributed by atoms with E-state index >= 15 is 0 Å². The van der Waals surface area contributed by atoms with Gasteiger partial charge in [-0.15, -0.1) is 0 Å². The van der Waals surface area contributed by atoms with E-state index in [4.69, 9.17) is 0 Å². The largest absolute Gasteiger partial charge is 0.0312 e. The van der Waals surface area contributed by atoms with Crippen LogP contribution in [0.4, 0.5) is 0 Å². The third-order valence-corrected chi connectivity index (χ3v) is 2.07. The maximum atomic E-state index is 10.8. The Morgan fingerprint density at radius 3 is 1.21 bits per heavy atom. The van der Waals surface area contributed by atoms with Crippen molar-refractivity contribution in [2.75, 3.05) is 0 Å². The molecule has 0 aromatic rings. The first kappa shape index (κ1) is 19.1. The van der Waals surface area contributed by atoms with E-state index in [1.165, 1.54) is 4.50 Å². The zero-order valence-electron chi connectivity index (χ0n) is 11.7. The molecule has 0 aliphatic heterocycles. The number of carbonyl (C=O) groups is 1. The first-order chi connectivity index (χ1) is 8.98. The average Bonchev–Trinajstić information content (AvgIpc) is 3.07. The molecule has 2 aliphatic rings. The smallest absolute Gasteiger partial charge is 0.0312 e. The van der Waals surface area contributed by atoms with Gasteiger partial charge in [-0.2, -0.15) is 0 Å². The van der Waals surface area contributed by atoms with Crippen molar-refractivity contribution in [3.8, 4) is 0 Å². The Hall–Kier alpha value is 0.0543. The van der Waals surface area contributed by atoms with E-state index in [1.807, 2.05) is 85.0 Å². The predicted octanol–water partition coefficient (Wildman–Crippen LogP) is 2.93. The average molecular weight is 292 g/mol. The molecule has 0 spiro atoms. The minimum atomic E-state index is -0.382. The molecule has 10 radical (unpaired) electrons. The predicted molar refractivity (Wildman–Crippen MR) is 74.6 cm³/mol. The summed E-state index contributed by atoms with van der Waals surface area (Å²) in [7, 11) is 0. The van der Waals surface area contributed by atoms with Crippen molar-refractivity contribution in [2.24, 2.45) is 5.41 Å². The van der Waals surface area contributed by atoms with Gasteiger partial charge in [-0.25, -0.2) is 0 Å². The van der Waals surface area contributed by atoms with Gasteiger partial charge in [-0.1, -0.05) is 0 Å². The van der Waals surface area contributed by atoms with Crippen LogP contribution in [0.3, 0.4) is 0 Å². The molecule has 2 rings (SSSR count). The third-order valence-electron chi connectivity index (χ3n) is 1.89. The number of hydrogen-bond donors (Lipinski definition) is 0. The summed E-state index contributed by atoms with van der Waals surface area (Å²) in [6.07, 6.45) is 20.0. The van der Waals surface area contributed by atoms with Crippen molar-refractivity contribution in [3.63, 3.8) is 0 Å². The molecule has 0 aromatic heterocycles. The zero-order valence-corrected chi connectivity index (χ0v) is 13.2. The first-order valence-electron chi connectivity index (χ1n) is 6.02. The maximum Gasteiger partial charge on any atom is -0.0312 e. The molecule has 0 amide bonds. The van der Waals surface area contributed by atoms with Gasteiger partial charge in [0.05, 0.1) is 0 Å². The van der Waals surface area contributed by atoms with E-state index in [0.29, 0.717) is 0 Å².